The third-order valence-corrected chi connectivity index (χ3v) is 6.64. The van der Waals surface area contributed by atoms with Crippen LogP contribution in [0.25, 0.3) is 0 Å². The van der Waals surface area contributed by atoms with Gasteiger partial charge in [0.25, 0.3) is 0 Å². The Hall–Kier alpha value is -1.84. The highest BCUT2D eigenvalue weighted by molar-refractivity contribution is 14.0. The number of halogens is 1. The van der Waals surface area contributed by atoms with Crippen LogP contribution in [0.4, 0.5) is 0 Å². The minimum Gasteiger partial charge on any atom is -0.493 e. The number of rotatable bonds is 8. The molecule has 0 amide bonds. The highest BCUT2D eigenvalue weighted by atomic mass is 127. The van der Waals surface area contributed by atoms with Crippen molar-refractivity contribution in [2.45, 2.75) is 70.9 Å². The lowest BCUT2D eigenvalue weighted by Gasteiger charge is -2.28. The van der Waals surface area contributed by atoms with Crippen molar-refractivity contribution in [3.63, 3.8) is 0 Å². The Bertz CT molecular complexity index is 877. The molecule has 1 aromatic carbocycles. The van der Waals surface area contributed by atoms with E-state index in [2.05, 4.69) is 33.0 Å². The Balaban J connectivity index is 0.00000289. The number of nitrogens with zero attached hydrogens (tertiary/aromatic N) is 4. The maximum atomic E-state index is 5.82. The summed E-state index contributed by atoms with van der Waals surface area (Å²) in [6.07, 6.45) is 10.5. The van der Waals surface area contributed by atoms with E-state index in [4.69, 9.17) is 9.73 Å². The number of para-hydroxylation sites is 1. The molecule has 0 spiro atoms. The van der Waals surface area contributed by atoms with Gasteiger partial charge in [0, 0.05) is 25.6 Å². The lowest BCUT2D eigenvalue weighted by molar-refractivity contribution is 0.261. The molecule has 32 heavy (non-hydrogen) atoms. The van der Waals surface area contributed by atoms with Crippen molar-refractivity contribution in [1.29, 1.82) is 0 Å². The molecule has 2 N–H and O–H groups in total. The number of nitrogens with one attached hydrogen (secondary N) is 2. The molecule has 4 rings (SSSR count). The number of guanidine groups is 1. The second-order valence-corrected chi connectivity index (χ2v) is 8.83. The normalized spacial score (nSPS) is 18.6. The van der Waals surface area contributed by atoms with Crippen LogP contribution in [-0.2, 0) is 13.6 Å². The van der Waals surface area contributed by atoms with Crippen LogP contribution in [0, 0.1) is 12.8 Å². The highest BCUT2D eigenvalue weighted by Gasteiger charge is 2.22. The highest BCUT2D eigenvalue weighted by Crippen LogP contribution is 2.31. The first-order chi connectivity index (χ1) is 15.2. The van der Waals surface area contributed by atoms with Crippen molar-refractivity contribution in [2.75, 3.05) is 13.2 Å². The number of aliphatic imine (C=N–C) groups is 1. The van der Waals surface area contributed by atoms with E-state index in [0.717, 1.165) is 42.2 Å². The molecule has 0 bridgehead atoms. The molecule has 2 heterocycles. The van der Waals surface area contributed by atoms with Crippen molar-refractivity contribution in [3.05, 3.63) is 41.5 Å². The lowest BCUT2D eigenvalue weighted by atomic mass is 10.0. The number of hydrogen-bond donors (Lipinski definition) is 2. The summed E-state index contributed by atoms with van der Waals surface area (Å²) in [5, 5.41) is 15.6. The van der Waals surface area contributed by atoms with Crippen molar-refractivity contribution < 1.29 is 4.74 Å². The number of unbranched alkanes of at least 4 members (excludes halogenated alkanes) is 1. The SMILES string of the molecule is Cc1nnc(CN=C(NCCCCC2CCCC2)NC2CCOc3ccccc32)n1C.I. The van der Waals surface area contributed by atoms with Gasteiger partial charge in [0.15, 0.2) is 11.8 Å². The average Bonchev–Trinajstić information content (AvgIpc) is 3.42. The van der Waals surface area contributed by atoms with Gasteiger partial charge in [-0.3, -0.25) is 0 Å². The van der Waals surface area contributed by atoms with Gasteiger partial charge in [-0.05, 0) is 25.3 Å². The second-order valence-electron chi connectivity index (χ2n) is 8.83. The third-order valence-electron chi connectivity index (χ3n) is 6.64. The summed E-state index contributed by atoms with van der Waals surface area (Å²) in [6, 6.07) is 8.46. The maximum Gasteiger partial charge on any atom is 0.192 e. The van der Waals surface area contributed by atoms with E-state index in [0.29, 0.717) is 13.2 Å². The van der Waals surface area contributed by atoms with Crippen LogP contribution in [0.3, 0.4) is 0 Å². The second kappa shape index (κ2) is 12.4. The van der Waals surface area contributed by atoms with Crippen molar-refractivity contribution >= 4 is 29.9 Å². The zero-order valence-corrected chi connectivity index (χ0v) is 21.7. The molecule has 1 aromatic heterocycles. The monoisotopic (exact) mass is 552 g/mol. The van der Waals surface area contributed by atoms with Gasteiger partial charge in [0.1, 0.15) is 18.1 Å². The van der Waals surface area contributed by atoms with Crippen LogP contribution in [0.5, 0.6) is 5.75 Å². The lowest BCUT2D eigenvalue weighted by Crippen LogP contribution is -2.41. The molecule has 0 saturated heterocycles. The van der Waals surface area contributed by atoms with Crippen LogP contribution < -0.4 is 15.4 Å². The fourth-order valence-electron chi connectivity index (χ4n) is 4.61. The minimum absolute atomic E-state index is 0. The summed E-state index contributed by atoms with van der Waals surface area (Å²) in [5.74, 6) is 4.53. The standard InChI is InChI=1S/C24H36N6O.HI/c1-18-28-29-23(30(18)2)17-26-24(25-15-8-7-11-19-9-3-4-10-19)27-21-14-16-31-22-13-6-5-12-20(21)22;/h5-6,12-13,19,21H,3-4,7-11,14-17H2,1-2H3,(H2,25,26,27);1H. The number of hydrogen-bond acceptors (Lipinski definition) is 4. The Kier molecular flexibility index (Phi) is 9.62. The predicted molar refractivity (Wildman–Crippen MR) is 139 cm³/mol. The summed E-state index contributed by atoms with van der Waals surface area (Å²) < 4.78 is 7.82. The van der Waals surface area contributed by atoms with E-state index in [1.54, 1.807) is 0 Å². The Labute approximate surface area is 208 Å². The summed E-state index contributed by atoms with van der Waals surface area (Å²) in [4.78, 5) is 4.84. The minimum atomic E-state index is 0. The zero-order valence-electron chi connectivity index (χ0n) is 19.3. The van der Waals surface area contributed by atoms with Gasteiger partial charge in [-0.25, -0.2) is 4.99 Å². The van der Waals surface area contributed by atoms with E-state index in [1.165, 1.54) is 50.5 Å². The molecule has 1 fully saturated rings. The molecule has 1 atom stereocenters. The molecule has 2 aromatic rings. The number of benzene rings is 1. The van der Waals surface area contributed by atoms with E-state index in [-0.39, 0.29) is 30.0 Å². The van der Waals surface area contributed by atoms with Crippen LogP contribution in [0.15, 0.2) is 29.3 Å². The number of ether oxygens (including phenoxy) is 1. The van der Waals surface area contributed by atoms with Gasteiger partial charge in [-0.15, -0.1) is 34.2 Å². The van der Waals surface area contributed by atoms with Crippen LogP contribution in [0.1, 0.15) is 74.6 Å². The predicted octanol–water partition coefficient (Wildman–Crippen LogP) is 4.66. The quantitative estimate of drug-likeness (QED) is 0.216. The van der Waals surface area contributed by atoms with Gasteiger partial charge in [-0.2, -0.15) is 0 Å². The van der Waals surface area contributed by atoms with Gasteiger partial charge >= 0.3 is 0 Å². The molecule has 1 unspecified atom stereocenters. The molecule has 176 valence electrons. The van der Waals surface area contributed by atoms with E-state index >= 15 is 0 Å². The van der Waals surface area contributed by atoms with Crippen molar-refractivity contribution in [3.8, 4) is 5.75 Å². The topological polar surface area (TPSA) is 76.4 Å². The van der Waals surface area contributed by atoms with E-state index in [9.17, 15) is 0 Å². The zero-order chi connectivity index (χ0) is 21.5. The first-order valence-corrected chi connectivity index (χ1v) is 11.8. The fourth-order valence-corrected chi connectivity index (χ4v) is 4.61. The van der Waals surface area contributed by atoms with E-state index in [1.807, 2.05) is 30.7 Å². The largest absolute Gasteiger partial charge is 0.493 e. The van der Waals surface area contributed by atoms with Gasteiger partial charge in [0.2, 0.25) is 0 Å². The van der Waals surface area contributed by atoms with E-state index < -0.39 is 0 Å². The van der Waals surface area contributed by atoms with Gasteiger partial charge in [-0.1, -0.05) is 56.7 Å². The molecular weight excluding hydrogens is 515 g/mol. The first-order valence-electron chi connectivity index (χ1n) is 11.8. The number of aryl methyl sites for hydroxylation is 1. The molecule has 1 saturated carbocycles. The first kappa shape index (κ1) is 24.8. The van der Waals surface area contributed by atoms with Crippen molar-refractivity contribution in [2.24, 2.45) is 18.0 Å². The summed E-state index contributed by atoms with van der Waals surface area (Å²) in [7, 11) is 1.98. The van der Waals surface area contributed by atoms with Gasteiger partial charge in [0.05, 0.1) is 12.6 Å². The summed E-state index contributed by atoms with van der Waals surface area (Å²) in [6.45, 7) is 4.10. The Morgan fingerprint density at radius 2 is 1.97 bits per heavy atom. The molecule has 7 nitrogen and oxygen atoms in total. The molecular formula is C24H37IN6O. The summed E-state index contributed by atoms with van der Waals surface area (Å²) >= 11 is 0. The molecule has 2 aliphatic rings. The average molecular weight is 553 g/mol. The third kappa shape index (κ3) is 6.59. The van der Waals surface area contributed by atoms with Crippen LogP contribution in [-0.4, -0.2) is 33.9 Å². The number of fused-ring (bicyclic) bond motifs is 1. The van der Waals surface area contributed by atoms with Crippen LogP contribution >= 0.6 is 24.0 Å². The smallest absolute Gasteiger partial charge is 0.192 e. The Morgan fingerprint density at radius 1 is 1.16 bits per heavy atom. The number of aromatic nitrogens is 3. The van der Waals surface area contributed by atoms with Crippen LogP contribution in [0.2, 0.25) is 0 Å². The Morgan fingerprint density at radius 3 is 2.75 bits per heavy atom. The molecule has 1 aliphatic heterocycles. The molecule has 0 radical (unpaired) electrons. The summed E-state index contributed by atoms with van der Waals surface area (Å²) in [5.41, 5.74) is 1.19. The van der Waals surface area contributed by atoms with Crippen molar-refractivity contribution in [1.82, 2.24) is 25.4 Å². The molecule has 8 heteroatoms. The fraction of sp³-hybridized carbons (Fsp3) is 0.625. The maximum absolute atomic E-state index is 5.82. The van der Waals surface area contributed by atoms with Gasteiger partial charge < -0.3 is 19.9 Å². The molecule has 1 aliphatic carbocycles.